The van der Waals surface area contributed by atoms with Crippen molar-refractivity contribution in [3.63, 3.8) is 0 Å². The first kappa shape index (κ1) is 18.4. The third-order valence-electron chi connectivity index (χ3n) is 5.02. The van der Waals surface area contributed by atoms with Crippen LogP contribution in [-0.2, 0) is 11.2 Å². The summed E-state index contributed by atoms with van der Waals surface area (Å²) in [6, 6.07) is 4.52. The van der Waals surface area contributed by atoms with Crippen molar-refractivity contribution in [2.24, 2.45) is 0 Å². The van der Waals surface area contributed by atoms with Crippen molar-refractivity contribution in [1.29, 1.82) is 0 Å². The van der Waals surface area contributed by atoms with Crippen molar-refractivity contribution in [2.45, 2.75) is 32.2 Å². The molecule has 1 unspecified atom stereocenters. The largest absolute Gasteiger partial charge is 0.385 e. The van der Waals surface area contributed by atoms with Gasteiger partial charge < -0.3 is 20.3 Å². The van der Waals surface area contributed by atoms with Crippen LogP contribution < -0.4 is 21.2 Å². The number of hydrogen-bond donors (Lipinski definition) is 2. The minimum atomic E-state index is 0.413. The van der Waals surface area contributed by atoms with Gasteiger partial charge in [-0.05, 0) is 31.4 Å². The highest BCUT2D eigenvalue weighted by atomic mass is 32.1. The van der Waals surface area contributed by atoms with E-state index in [-0.39, 0.29) is 0 Å². The standard InChI is InChI=1S/C20H27N5OS/c1-3-5-16-24-18-19(25-10-9-21-15(13-25)7-11-26-2)17-14(6-4-8-22-17)12-23-20(18)27-16/h4,6,8,12,15,21,23H,3,5,7,9-11,13H2,1-2H3. The Morgan fingerprint density at radius 2 is 2.33 bits per heavy atom. The topological polar surface area (TPSA) is 62.3 Å². The molecule has 0 saturated carbocycles. The van der Waals surface area contributed by atoms with Gasteiger partial charge in [0.25, 0.3) is 0 Å². The van der Waals surface area contributed by atoms with Gasteiger partial charge in [0, 0.05) is 57.0 Å². The Morgan fingerprint density at radius 1 is 1.41 bits per heavy atom. The summed E-state index contributed by atoms with van der Waals surface area (Å²) in [6.45, 7) is 5.82. The van der Waals surface area contributed by atoms with E-state index in [1.54, 1.807) is 18.4 Å². The summed E-state index contributed by atoms with van der Waals surface area (Å²) in [5.74, 6) is 0. The predicted molar refractivity (Wildman–Crippen MR) is 110 cm³/mol. The summed E-state index contributed by atoms with van der Waals surface area (Å²) in [7, 11) is 1.76. The molecule has 0 amide bonds. The highest BCUT2D eigenvalue weighted by molar-refractivity contribution is 7.16. The quantitative estimate of drug-likeness (QED) is 0.777. The van der Waals surface area contributed by atoms with Gasteiger partial charge in [-0.3, -0.25) is 4.98 Å². The molecule has 2 aliphatic heterocycles. The van der Waals surface area contributed by atoms with Gasteiger partial charge in [-0.2, -0.15) is 0 Å². The van der Waals surface area contributed by atoms with Crippen LogP contribution in [0, 0.1) is 0 Å². The van der Waals surface area contributed by atoms with Crippen molar-refractivity contribution in [3.05, 3.63) is 39.6 Å². The van der Waals surface area contributed by atoms with E-state index in [1.165, 1.54) is 5.01 Å². The molecular formula is C20H27N5OS. The zero-order chi connectivity index (χ0) is 18.6. The lowest BCUT2D eigenvalue weighted by molar-refractivity contribution is 0.166. The lowest BCUT2D eigenvalue weighted by Gasteiger charge is -2.36. The highest BCUT2D eigenvalue weighted by Crippen LogP contribution is 2.32. The third-order valence-corrected chi connectivity index (χ3v) is 6.07. The second-order valence-corrected chi connectivity index (χ2v) is 8.08. The first-order chi connectivity index (χ1) is 13.3. The average molecular weight is 386 g/mol. The molecule has 0 radical (unpaired) electrons. The van der Waals surface area contributed by atoms with E-state index in [9.17, 15) is 0 Å². The third kappa shape index (κ3) is 3.85. The van der Waals surface area contributed by atoms with Crippen LogP contribution in [-0.4, -0.2) is 54.3 Å². The van der Waals surface area contributed by atoms with Crippen molar-refractivity contribution < 1.29 is 4.74 Å². The average Bonchev–Trinajstić information content (AvgIpc) is 3.02. The van der Waals surface area contributed by atoms with Crippen LogP contribution in [0.15, 0.2) is 18.3 Å². The minimum Gasteiger partial charge on any atom is -0.385 e. The second-order valence-electron chi connectivity index (χ2n) is 6.99. The number of methoxy groups -OCH3 is 1. The van der Waals surface area contributed by atoms with Crippen molar-refractivity contribution >= 4 is 28.2 Å². The molecule has 0 aromatic carbocycles. The van der Waals surface area contributed by atoms with Gasteiger partial charge in [0.2, 0.25) is 0 Å². The van der Waals surface area contributed by atoms with Crippen LogP contribution in [0.5, 0.6) is 0 Å². The number of pyridine rings is 1. The number of ether oxygens (including phenoxy) is 1. The van der Waals surface area contributed by atoms with E-state index in [0.717, 1.165) is 72.5 Å². The molecule has 7 heteroatoms. The summed E-state index contributed by atoms with van der Waals surface area (Å²) >= 11 is 1.76. The predicted octanol–water partition coefficient (Wildman–Crippen LogP) is 1.12. The number of rotatable bonds is 6. The summed E-state index contributed by atoms with van der Waals surface area (Å²) in [4.78, 5) is 12.2. The number of anilines is 1. The Bertz CT molecular complexity index is 909. The Kier molecular flexibility index (Phi) is 5.71. The van der Waals surface area contributed by atoms with Gasteiger partial charge in [0.1, 0.15) is 10.7 Å². The van der Waals surface area contributed by atoms with Crippen molar-refractivity contribution in [3.8, 4) is 0 Å². The molecule has 2 aromatic heterocycles. The maximum absolute atomic E-state index is 5.28. The van der Waals surface area contributed by atoms with E-state index in [4.69, 9.17) is 14.7 Å². The monoisotopic (exact) mass is 385 g/mol. The lowest BCUT2D eigenvalue weighted by atomic mass is 10.1. The Balaban J connectivity index is 1.79. The number of hydrogen-bond acceptors (Lipinski definition) is 7. The Labute approximate surface area is 164 Å². The van der Waals surface area contributed by atoms with Crippen molar-refractivity contribution in [2.75, 3.05) is 38.7 Å². The molecule has 0 aliphatic carbocycles. The van der Waals surface area contributed by atoms with Gasteiger partial charge in [-0.25, -0.2) is 4.98 Å². The van der Waals surface area contributed by atoms with E-state index >= 15 is 0 Å². The van der Waals surface area contributed by atoms with Crippen molar-refractivity contribution in [1.82, 2.24) is 20.2 Å². The van der Waals surface area contributed by atoms with Crippen LogP contribution in [0.3, 0.4) is 0 Å². The molecular weight excluding hydrogens is 358 g/mol. The molecule has 0 bridgehead atoms. The zero-order valence-corrected chi connectivity index (χ0v) is 16.8. The first-order valence-electron chi connectivity index (χ1n) is 9.69. The molecule has 1 atom stereocenters. The van der Waals surface area contributed by atoms with Gasteiger partial charge in [-0.15, -0.1) is 11.3 Å². The second kappa shape index (κ2) is 8.37. The lowest BCUT2D eigenvalue weighted by Crippen LogP contribution is -2.52. The van der Waals surface area contributed by atoms with Crippen LogP contribution in [0.4, 0.5) is 5.00 Å². The molecule has 0 spiro atoms. The maximum atomic E-state index is 5.28. The molecule has 2 aliphatic rings. The molecule has 4 rings (SSSR count). The van der Waals surface area contributed by atoms with Gasteiger partial charge in [0.15, 0.2) is 0 Å². The maximum Gasteiger partial charge on any atom is 0.124 e. The summed E-state index contributed by atoms with van der Waals surface area (Å²) in [6.07, 6.45) is 7.06. The Hall–Kier alpha value is -1.96. The number of nitrogens with zero attached hydrogens (tertiary/aromatic N) is 3. The number of aryl methyl sites for hydroxylation is 1. The van der Waals surface area contributed by atoms with E-state index in [2.05, 4.69) is 34.7 Å². The van der Waals surface area contributed by atoms with E-state index in [0.29, 0.717) is 6.04 Å². The number of nitrogens with one attached hydrogen (secondary N) is 2. The normalized spacial score (nSPS) is 19.0. The van der Waals surface area contributed by atoms with Gasteiger partial charge in [-0.1, -0.05) is 6.92 Å². The molecule has 144 valence electrons. The molecule has 2 aromatic rings. The number of thiazole rings is 1. The Morgan fingerprint density at radius 3 is 3.19 bits per heavy atom. The molecule has 6 nitrogen and oxygen atoms in total. The van der Waals surface area contributed by atoms with Crippen LogP contribution >= 0.6 is 11.3 Å². The van der Waals surface area contributed by atoms with Crippen LogP contribution in [0.1, 0.15) is 30.5 Å². The van der Waals surface area contributed by atoms with E-state index < -0.39 is 0 Å². The fraction of sp³-hybridized carbons (Fsp3) is 0.500. The SMILES string of the molecule is CCCc1nc2c(s1)NC=c1cccnc1=C2N1CCNC(CCOC)C1. The van der Waals surface area contributed by atoms with Crippen LogP contribution in [0.2, 0.25) is 0 Å². The van der Waals surface area contributed by atoms with E-state index in [1.807, 2.05) is 12.3 Å². The smallest absolute Gasteiger partial charge is 0.124 e. The zero-order valence-electron chi connectivity index (χ0n) is 16.0. The number of fused-ring (bicyclic) bond motifs is 2. The highest BCUT2D eigenvalue weighted by Gasteiger charge is 2.27. The fourth-order valence-corrected chi connectivity index (χ4v) is 4.75. The molecule has 1 fully saturated rings. The fourth-order valence-electron chi connectivity index (χ4n) is 3.71. The first-order valence-corrected chi connectivity index (χ1v) is 10.5. The molecule has 27 heavy (non-hydrogen) atoms. The summed E-state index contributed by atoms with van der Waals surface area (Å²) in [5, 5.41) is 11.5. The summed E-state index contributed by atoms with van der Waals surface area (Å²) in [5.41, 5.74) is 2.20. The number of piperazine rings is 1. The minimum absolute atomic E-state index is 0.413. The van der Waals surface area contributed by atoms with Gasteiger partial charge >= 0.3 is 0 Å². The van der Waals surface area contributed by atoms with Gasteiger partial charge in [0.05, 0.1) is 16.1 Å². The number of aromatic nitrogens is 2. The molecule has 2 N–H and O–H groups in total. The molecule has 4 heterocycles. The van der Waals surface area contributed by atoms with Crippen LogP contribution in [0.25, 0.3) is 11.9 Å². The molecule has 1 saturated heterocycles. The summed E-state index contributed by atoms with van der Waals surface area (Å²) < 4.78 is 5.28.